The van der Waals surface area contributed by atoms with Crippen LogP contribution in [0.4, 0.5) is 5.69 Å². The summed E-state index contributed by atoms with van der Waals surface area (Å²) in [6.45, 7) is 5.20. The zero-order chi connectivity index (χ0) is 26.2. The first-order valence-electron chi connectivity index (χ1n) is 13.0. The summed E-state index contributed by atoms with van der Waals surface area (Å²) in [7, 11) is 0. The lowest BCUT2D eigenvalue weighted by Gasteiger charge is -2.16. The standard InChI is InChI=1S/C31H35NO5/c1-21(2)19-22-12-14-23(15-13-22)20-37-28-17-16-26(24-7-5-8-25(24)28)31(35)32-27-9-3-4-10-29(27)36-18-6-11-30(33)34/h3-4,9-10,12-17,21H,5-8,11,18-20H2,1-2H3,(H,32,35)(H,33,34). The highest BCUT2D eigenvalue weighted by atomic mass is 16.5. The van der Waals surface area contributed by atoms with E-state index >= 15 is 0 Å². The van der Waals surface area contributed by atoms with E-state index < -0.39 is 5.97 Å². The van der Waals surface area contributed by atoms with E-state index in [1.807, 2.05) is 24.3 Å². The molecule has 3 aromatic carbocycles. The van der Waals surface area contributed by atoms with Crippen molar-refractivity contribution >= 4 is 17.6 Å². The summed E-state index contributed by atoms with van der Waals surface area (Å²) in [6, 6.07) is 19.6. The normalized spacial score (nSPS) is 12.3. The van der Waals surface area contributed by atoms with Crippen LogP contribution in [0.2, 0.25) is 0 Å². The van der Waals surface area contributed by atoms with Crippen LogP contribution in [0, 0.1) is 5.92 Å². The second-order valence-electron chi connectivity index (χ2n) is 9.92. The van der Waals surface area contributed by atoms with Gasteiger partial charge in [-0.15, -0.1) is 0 Å². The molecule has 0 radical (unpaired) electrons. The van der Waals surface area contributed by atoms with E-state index in [2.05, 4.69) is 43.4 Å². The predicted molar refractivity (Wildman–Crippen MR) is 145 cm³/mol. The minimum atomic E-state index is -0.856. The quantitative estimate of drug-likeness (QED) is 0.279. The summed E-state index contributed by atoms with van der Waals surface area (Å²) in [4.78, 5) is 24.0. The van der Waals surface area contributed by atoms with Gasteiger partial charge in [-0.3, -0.25) is 9.59 Å². The first kappa shape index (κ1) is 26.3. The average molecular weight is 502 g/mol. The molecule has 0 saturated heterocycles. The Kier molecular flexibility index (Phi) is 8.83. The van der Waals surface area contributed by atoms with E-state index in [0.29, 0.717) is 35.9 Å². The second kappa shape index (κ2) is 12.4. The highest BCUT2D eigenvalue weighted by molar-refractivity contribution is 6.06. The van der Waals surface area contributed by atoms with Crippen LogP contribution in [0.1, 0.15) is 65.7 Å². The molecule has 194 valence electrons. The van der Waals surface area contributed by atoms with Crippen LogP contribution in [0.5, 0.6) is 11.5 Å². The Balaban J connectivity index is 1.42. The third-order valence-electron chi connectivity index (χ3n) is 6.48. The fourth-order valence-corrected chi connectivity index (χ4v) is 4.72. The Bertz CT molecular complexity index is 1230. The van der Waals surface area contributed by atoms with Gasteiger partial charge in [-0.2, -0.15) is 0 Å². The van der Waals surface area contributed by atoms with Crippen molar-refractivity contribution in [1.82, 2.24) is 0 Å². The number of anilines is 1. The van der Waals surface area contributed by atoms with Crippen molar-refractivity contribution in [2.75, 3.05) is 11.9 Å². The molecular weight excluding hydrogens is 466 g/mol. The molecule has 6 heteroatoms. The molecule has 0 fully saturated rings. The average Bonchev–Trinajstić information content (AvgIpc) is 3.37. The molecule has 6 nitrogen and oxygen atoms in total. The van der Waals surface area contributed by atoms with Gasteiger partial charge in [0.1, 0.15) is 18.1 Å². The molecule has 0 aromatic heterocycles. The molecule has 37 heavy (non-hydrogen) atoms. The van der Waals surface area contributed by atoms with Crippen LogP contribution in [-0.4, -0.2) is 23.6 Å². The molecule has 0 aliphatic heterocycles. The SMILES string of the molecule is CC(C)Cc1ccc(COc2ccc(C(=O)Nc3ccccc3OCCCC(=O)O)c3c2CCC3)cc1. The lowest BCUT2D eigenvalue weighted by Crippen LogP contribution is -2.15. The molecule has 1 amide bonds. The summed E-state index contributed by atoms with van der Waals surface area (Å²) >= 11 is 0. The number of carbonyl (C=O) groups is 2. The Morgan fingerprint density at radius 3 is 2.38 bits per heavy atom. The van der Waals surface area contributed by atoms with Gasteiger partial charge in [0.15, 0.2) is 0 Å². The van der Waals surface area contributed by atoms with Crippen LogP contribution in [0.15, 0.2) is 60.7 Å². The number of rotatable bonds is 12. The molecule has 0 bridgehead atoms. The Morgan fingerprint density at radius 2 is 1.62 bits per heavy atom. The van der Waals surface area contributed by atoms with E-state index in [1.54, 1.807) is 12.1 Å². The topological polar surface area (TPSA) is 84.9 Å². The first-order chi connectivity index (χ1) is 17.9. The van der Waals surface area contributed by atoms with Crippen molar-refractivity contribution in [2.24, 2.45) is 5.92 Å². The van der Waals surface area contributed by atoms with Crippen LogP contribution in [0.25, 0.3) is 0 Å². The fraction of sp³-hybridized carbons (Fsp3) is 0.355. The van der Waals surface area contributed by atoms with E-state index in [1.165, 1.54) is 5.56 Å². The van der Waals surface area contributed by atoms with Gasteiger partial charge >= 0.3 is 5.97 Å². The largest absolute Gasteiger partial charge is 0.491 e. The minimum absolute atomic E-state index is 0.0402. The van der Waals surface area contributed by atoms with Gasteiger partial charge in [0.25, 0.3) is 5.91 Å². The Hall–Kier alpha value is -3.80. The van der Waals surface area contributed by atoms with E-state index in [4.69, 9.17) is 14.6 Å². The summed E-state index contributed by atoms with van der Waals surface area (Å²) < 4.78 is 11.9. The van der Waals surface area contributed by atoms with E-state index in [-0.39, 0.29) is 18.9 Å². The molecule has 0 unspecified atom stereocenters. The summed E-state index contributed by atoms with van der Waals surface area (Å²) in [6.07, 6.45) is 4.23. The summed E-state index contributed by atoms with van der Waals surface area (Å²) in [5.41, 5.74) is 5.84. The van der Waals surface area contributed by atoms with Gasteiger partial charge < -0.3 is 19.9 Å². The van der Waals surface area contributed by atoms with Gasteiger partial charge in [-0.05, 0) is 84.5 Å². The molecule has 0 atom stereocenters. The van der Waals surface area contributed by atoms with Crippen molar-refractivity contribution in [3.8, 4) is 11.5 Å². The van der Waals surface area contributed by atoms with Crippen molar-refractivity contribution in [2.45, 2.75) is 59.0 Å². The van der Waals surface area contributed by atoms with Gasteiger partial charge in [-0.1, -0.05) is 50.2 Å². The van der Waals surface area contributed by atoms with Crippen molar-refractivity contribution in [1.29, 1.82) is 0 Å². The third-order valence-corrected chi connectivity index (χ3v) is 6.48. The lowest BCUT2D eigenvalue weighted by atomic mass is 10.0. The van der Waals surface area contributed by atoms with E-state index in [0.717, 1.165) is 48.1 Å². The van der Waals surface area contributed by atoms with Gasteiger partial charge in [-0.25, -0.2) is 0 Å². The van der Waals surface area contributed by atoms with Crippen molar-refractivity contribution in [3.05, 3.63) is 88.5 Å². The van der Waals surface area contributed by atoms with Gasteiger partial charge in [0, 0.05) is 12.0 Å². The molecule has 1 aliphatic rings. The molecule has 3 aromatic rings. The molecule has 1 aliphatic carbocycles. The number of para-hydroxylation sites is 2. The fourth-order valence-electron chi connectivity index (χ4n) is 4.72. The zero-order valence-electron chi connectivity index (χ0n) is 21.6. The maximum atomic E-state index is 13.3. The molecular formula is C31H35NO5. The van der Waals surface area contributed by atoms with Crippen LogP contribution in [-0.2, 0) is 30.7 Å². The molecule has 0 spiro atoms. The number of aliphatic carboxylic acids is 1. The van der Waals surface area contributed by atoms with Gasteiger partial charge in [0.2, 0.25) is 0 Å². The molecule has 4 rings (SSSR count). The molecule has 0 heterocycles. The van der Waals surface area contributed by atoms with Crippen molar-refractivity contribution in [3.63, 3.8) is 0 Å². The zero-order valence-corrected chi connectivity index (χ0v) is 21.6. The van der Waals surface area contributed by atoms with Crippen LogP contribution < -0.4 is 14.8 Å². The number of carboxylic acid groups (broad SMARTS) is 1. The Labute approximate surface area is 218 Å². The predicted octanol–water partition coefficient (Wildman–Crippen LogP) is 6.45. The number of ether oxygens (including phenoxy) is 2. The van der Waals surface area contributed by atoms with Crippen molar-refractivity contribution < 1.29 is 24.2 Å². The smallest absolute Gasteiger partial charge is 0.303 e. The highest BCUT2D eigenvalue weighted by Gasteiger charge is 2.23. The Morgan fingerprint density at radius 1 is 0.892 bits per heavy atom. The first-order valence-corrected chi connectivity index (χ1v) is 13.0. The number of carboxylic acids is 1. The van der Waals surface area contributed by atoms with E-state index in [9.17, 15) is 9.59 Å². The number of benzene rings is 3. The number of nitrogens with one attached hydrogen (secondary N) is 1. The summed E-state index contributed by atoms with van der Waals surface area (Å²) in [5, 5.41) is 11.8. The minimum Gasteiger partial charge on any atom is -0.491 e. The molecule has 0 saturated carbocycles. The van der Waals surface area contributed by atoms with Crippen LogP contribution in [0.3, 0.4) is 0 Å². The number of hydrogen-bond donors (Lipinski definition) is 2. The lowest BCUT2D eigenvalue weighted by molar-refractivity contribution is -0.137. The summed E-state index contributed by atoms with van der Waals surface area (Å²) in [5.74, 6) is 0.956. The maximum absolute atomic E-state index is 13.3. The number of carbonyl (C=O) groups excluding carboxylic acids is 1. The third kappa shape index (κ3) is 7.13. The van der Waals surface area contributed by atoms with Crippen LogP contribution >= 0.6 is 0 Å². The van der Waals surface area contributed by atoms with Gasteiger partial charge in [0.05, 0.1) is 12.3 Å². The number of amides is 1. The second-order valence-corrected chi connectivity index (χ2v) is 9.92. The highest BCUT2D eigenvalue weighted by Crippen LogP contribution is 2.35. The molecule has 2 N–H and O–H groups in total. The monoisotopic (exact) mass is 501 g/mol. The maximum Gasteiger partial charge on any atom is 0.303 e. The number of fused-ring (bicyclic) bond motifs is 1. The number of hydrogen-bond acceptors (Lipinski definition) is 4.